The van der Waals surface area contributed by atoms with Crippen molar-refractivity contribution < 1.29 is 17.9 Å². The molecule has 0 aliphatic rings. The Morgan fingerprint density at radius 3 is 2.18 bits per heavy atom. The van der Waals surface area contributed by atoms with Crippen LogP contribution in [-0.4, -0.2) is 27.9 Å². The van der Waals surface area contributed by atoms with E-state index in [1.165, 1.54) is 18.4 Å². The van der Waals surface area contributed by atoms with Crippen LogP contribution in [0.3, 0.4) is 0 Å². The second kappa shape index (κ2) is 6.83. The van der Waals surface area contributed by atoms with Gasteiger partial charge in [0.25, 0.3) is 0 Å². The van der Waals surface area contributed by atoms with E-state index < -0.39 is 9.84 Å². The van der Waals surface area contributed by atoms with E-state index in [4.69, 9.17) is 9.47 Å². The van der Waals surface area contributed by atoms with Crippen LogP contribution in [0.25, 0.3) is 0 Å². The average Bonchev–Trinajstić information content (AvgIpc) is 2.46. The van der Waals surface area contributed by atoms with Crippen LogP contribution in [0.5, 0.6) is 11.5 Å². The van der Waals surface area contributed by atoms with Gasteiger partial charge >= 0.3 is 0 Å². The van der Waals surface area contributed by atoms with Crippen molar-refractivity contribution in [2.24, 2.45) is 0 Å². The standard InChI is InChI=1S/C17H20O4S/c1-13-4-5-14(2)17(12-13)21-11-10-20-15-6-8-16(9-7-15)22(3,18)19/h4-9,12H,10-11H2,1-3H3. The van der Waals surface area contributed by atoms with Gasteiger partial charge in [0.1, 0.15) is 24.7 Å². The molecular weight excluding hydrogens is 300 g/mol. The summed E-state index contributed by atoms with van der Waals surface area (Å²) in [6.07, 6.45) is 1.18. The Morgan fingerprint density at radius 2 is 1.55 bits per heavy atom. The van der Waals surface area contributed by atoms with Gasteiger partial charge in [-0.2, -0.15) is 0 Å². The summed E-state index contributed by atoms with van der Waals surface area (Å²) in [5.74, 6) is 1.48. The van der Waals surface area contributed by atoms with Gasteiger partial charge in [-0.3, -0.25) is 0 Å². The first kappa shape index (κ1) is 16.4. The second-order valence-corrected chi connectivity index (χ2v) is 7.23. The molecule has 0 saturated carbocycles. The van der Waals surface area contributed by atoms with Gasteiger partial charge < -0.3 is 9.47 Å². The zero-order chi connectivity index (χ0) is 16.2. The van der Waals surface area contributed by atoms with E-state index in [0.29, 0.717) is 19.0 Å². The summed E-state index contributed by atoms with van der Waals surface area (Å²) in [6.45, 7) is 4.84. The van der Waals surface area contributed by atoms with E-state index >= 15 is 0 Å². The average molecular weight is 320 g/mol. The van der Waals surface area contributed by atoms with Crippen LogP contribution in [-0.2, 0) is 9.84 Å². The van der Waals surface area contributed by atoms with E-state index in [1.54, 1.807) is 12.1 Å². The number of ether oxygens (including phenoxy) is 2. The largest absolute Gasteiger partial charge is 0.490 e. The molecule has 118 valence electrons. The van der Waals surface area contributed by atoms with Crippen LogP contribution < -0.4 is 9.47 Å². The van der Waals surface area contributed by atoms with Gasteiger partial charge in [-0.05, 0) is 55.3 Å². The third kappa shape index (κ3) is 4.49. The molecule has 0 amide bonds. The van der Waals surface area contributed by atoms with E-state index in [0.717, 1.165) is 16.9 Å². The van der Waals surface area contributed by atoms with E-state index in [-0.39, 0.29) is 4.90 Å². The molecule has 0 aromatic heterocycles. The Bertz CT molecular complexity index is 734. The molecule has 0 aliphatic carbocycles. The fraction of sp³-hybridized carbons (Fsp3) is 0.294. The maximum absolute atomic E-state index is 11.4. The molecule has 0 aliphatic heterocycles. The van der Waals surface area contributed by atoms with E-state index in [2.05, 4.69) is 0 Å². The molecular formula is C17H20O4S. The molecule has 0 radical (unpaired) electrons. The fourth-order valence-corrected chi connectivity index (χ4v) is 2.59. The minimum atomic E-state index is -3.17. The SMILES string of the molecule is Cc1ccc(C)c(OCCOc2ccc(S(C)(=O)=O)cc2)c1. The lowest BCUT2D eigenvalue weighted by Crippen LogP contribution is -2.09. The lowest BCUT2D eigenvalue weighted by atomic mass is 10.1. The summed E-state index contributed by atoms with van der Waals surface area (Å²) < 4.78 is 34.0. The molecule has 0 saturated heterocycles. The Balaban J connectivity index is 1.85. The van der Waals surface area contributed by atoms with E-state index in [1.807, 2.05) is 32.0 Å². The highest BCUT2D eigenvalue weighted by Crippen LogP contribution is 2.19. The minimum absolute atomic E-state index is 0.284. The Kier molecular flexibility index (Phi) is 5.08. The molecule has 0 N–H and O–H groups in total. The van der Waals surface area contributed by atoms with Gasteiger partial charge in [-0.15, -0.1) is 0 Å². The molecule has 0 unspecified atom stereocenters. The Morgan fingerprint density at radius 1 is 0.909 bits per heavy atom. The molecule has 0 atom stereocenters. The van der Waals surface area contributed by atoms with Crippen LogP contribution in [0.2, 0.25) is 0 Å². The van der Waals surface area contributed by atoms with Gasteiger partial charge in [0.2, 0.25) is 0 Å². The van der Waals surface area contributed by atoms with Crippen molar-refractivity contribution in [3.05, 3.63) is 53.6 Å². The van der Waals surface area contributed by atoms with Crippen LogP contribution in [0.4, 0.5) is 0 Å². The fourth-order valence-electron chi connectivity index (χ4n) is 1.96. The van der Waals surface area contributed by atoms with Crippen molar-refractivity contribution in [2.75, 3.05) is 19.5 Å². The summed E-state index contributed by atoms with van der Waals surface area (Å²) in [5, 5.41) is 0. The van der Waals surface area contributed by atoms with Crippen molar-refractivity contribution in [2.45, 2.75) is 18.7 Å². The monoisotopic (exact) mass is 320 g/mol. The topological polar surface area (TPSA) is 52.6 Å². The van der Waals surface area contributed by atoms with Gasteiger partial charge in [-0.25, -0.2) is 8.42 Å². The van der Waals surface area contributed by atoms with Crippen LogP contribution in [0.15, 0.2) is 47.4 Å². The molecule has 0 bridgehead atoms. The first-order chi connectivity index (χ1) is 10.4. The maximum atomic E-state index is 11.4. The second-order valence-electron chi connectivity index (χ2n) is 5.21. The predicted molar refractivity (Wildman–Crippen MR) is 86.5 cm³/mol. The highest BCUT2D eigenvalue weighted by Gasteiger charge is 2.06. The highest BCUT2D eigenvalue weighted by atomic mass is 32.2. The van der Waals surface area contributed by atoms with Crippen LogP contribution >= 0.6 is 0 Å². The van der Waals surface area contributed by atoms with Gasteiger partial charge in [0, 0.05) is 6.26 Å². The summed E-state index contributed by atoms with van der Waals surface area (Å²) in [6, 6.07) is 12.4. The summed E-state index contributed by atoms with van der Waals surface area (Å²) in [5.41, 5.74) is 2.24. The molecule has 2 aromatic rings. The molecule has 2 rings (SSSR count). The smallest absolute Gasteiger partial charge is 0.175 e. The number of rotatable bonds is 6. The van der Waals surface area contributed by atoms with E-state index in [9.17, 15) is 8.42 Å². The zero-order valence-corrected chi connectivity index (χ0v) is 13.8. The summed E-state index contributed by atoms with van der Waals surface area (Å²) in [7, 11) is -3.17. The molecule has 22 heavy (non-hydrogen) atoms. The third-order valence-electron chi connectivity index (χ3n) is 3.21. The number of hydrogen-bond acceptors (Lipinski definition) is 4. The Labute approximate surface area is 131 Å². The van der Waals surface area contributed by atoms with Gasteiger partial charge in [0.05, 0.1) is 4.90 Å². The third-order valence-corrected chi connectivity index (χ3v) is 4.33. The normalized spacial score (nSPS) is 11.2. The molecule has 4 nitrogen and oxygen atoms in total. The molecule has 0 heterocycles. The quantitative estimate of drug-likeness (QED) is 0.767. The minimum Gasteiger partial charge on any atom is -0.490 e. The lowest BCUT2D eigenvalue weighted by Gasteiger charge is -2.11. The summed E-state index contributed by atoms with van der Waals surface area (Å²) >= 11 is 0. The van der Waals surface area contributed by atoms with Crippen LogP contribution in [0.1, 0.15) is 11.1 Å². The number of aryl methyl sites for hydroxylation is 2. The van der Waals surface area contributed by atoms with Crippen molar-refractivity contribution >= 4 is 9.84 Å². The highest BCUT2D eigenvalue weighted by molar-refractivity contribution is 7.90. The molecule has 0 fully saturated rings. The number of hydrogen-bond donors (Lipinski definition) is 0. The number of sulfone groups is 1. The molecule has 5 heteroatoms. The zero-order valence-electron chi connectivity index (χ0n) is 13.0. The first-order valence-corrected chi connectivity index (χ1v) is 8.88. The first-order valence-electron chi connectivity index (χ1n) is 6.99. The maximum Gasteiger partial charge on any atom is 0.175 e. The van der Waals surface area contributed by atoms with Gasteiger partial charge in [0.15, 0.2) is 9.84 Å². The van der Waals surface area contributed by atoms with Gasteiger partial charge in [-0.1, -0.05) is 12.1 Å². The molecule has 2 aromatic carbocycles. The summed E-state index contributed by atoms with van der Waals surface area (Å²) in [4.78, 5) is 0.284. The Hall–Kier alpha value is -2.01. The van der Waals surface area contributed by atoms with Crippen molar-refractivity contribution in [3.63, 3.8) is 0 Å². The van der Waals surface area contributed by atoms with Crippen molar-refractivity contribution in [1.82, 2.24) is 0 Å². The number of benzene rings is 2. The lowest BCUT2D eigenvalue weighted by molar-refractivity contribution is 0.216. The molecule has 0 spiro atoms. The van der Waals surface area contributed by atoms with Crippen LogP contribution in [0, 0.1) is 13.8 Å². The van der Waals surface area contributed by atoms with Crippen molar-refractivity contribution in [3.8, 4) is 11.5 Å². The predicted octanol–water partition coefficient (Wildman–Crippen LogP) is 3.16. The van der Waals surface area contributed by atoms with Crippen molar-refractivity contribution in [1.29, 1.82) is 0 Å².